The molecule has 15 heteroatoms. The Morgan fingerprint density at radius 1 is 0.714 bits per heavy atom. The molecule has 35 heavy (non-hydrogen) atoms. The number of primary amides is 2. The Labute approximate surface area is 201 Å². The van der Waals surface area contributed by atoms with E-state index in [1.807, 2.05) is 13.8 Å². The summed E-state index contributed by atoms with van der Waals surface area (Å²) in [5, 5.41) is 24.6. The Balaban J connectivity index is 5.60. The molecule has 0 spiro atoms. The number of rotatable bonds is 17. The van der Waals surface area contributed by atoms with Gasteiger partial charge in [0.2, 0.25) is 29.5 Å². The molecule has 4 unspecified atom stereocenters. The number of hydrogen-bond acceptors (Lipinski definition) is 8. The van der Waals surface area contributed by atoms with Crippen LogP contribution in [0.15, 0.2) is 0 Å². The molecule has 0 saturated carbocycles. The molecule has 0 rings (SSSR count). The van der Waals surface area contributed by atoms with Crippen LogP contribution in [-0.4, -0.2) is 75.9 Å². The number of carbonyl (C=O) groups excluding carboxylic acids is 5. The first-order valence-electron chi connectivity index (χ1n) is 10.8. The highest BCUT2D eigenvalue weighted by atomic mass is 16.4. The molecule has 0 aliphatic heterocycles. The number of aliphatic carboxylic acids is 2. The molecule has 0 aromatic rings. The summed E-state index contributed by atoms with van der Waals surface area (Å²) in [6.07, 6.45) is -2.07. The Hall–Kier alpha value is -3.75. The van der Waals surface area contributed by atoms with Gasteiger partial charge in [0.15, 0.2) is 0 Å². The van der Waals surface area contributed by atoms with Crippen molar-refractivity contribution in [3.8, 4) is 0 Å². The van der Waals surface area contributed by atoms with Gasteiger partial charge in [-0.05, 0) is 25.2 Å². The van der Waals surface area contributed by atoms with E-state index < -0.39 is 84.9 Å². The smallest absolute Gasteiger partial charge is 0.326 e. The first-order valence-corrected chi connectivity index (χ1v) is 10.8. The standard InChI is InChI=1S/C20H34N6O9/c1-9(2)7-10(21)17(31)26-13(8-15(23)28)19(33)24-11(3-5-14(22)27)18(32)25-12(20(34)35)4-6-16(29)30/h9-13H,3-8,21H2,1-2H3,(H2,22,27)(H2,23,28)(H,24,33)(H,25,32)(H,26,31)(H,29,30)(H,34,35). The monoisotopic (exact) mass is 502 g/mol. The van der Waals surface area contributed by atoms with Gasteiger partial charge in [0.05, 0.1) is 12.5 Å². The van der Waals surface area contributed by atoms with Crippen LogP contribution in [0.25, 0.3) is 0 Å². The molecule has 15 nitrogen and oxygen atoms in total. The van der Waals surface area contributed by atoms with E-state index in [4.69, 9.17) is 22.3 Å². The molecule has 11 N–H and O–H groups in total. The Bertz CT molecular complexity index is 817. The average molecular weight is 503 g/mol. The molecule has 0 saturated heterocycles. The molecular formula is C20H34N6O9. The molecule has 0 heterocycles. The lowest BCUT2D eigenvalue weighted by Gasteiger charge is -2.25. The van der Waals surface area contributed by atoms with Crippen LogP contribution < -0.4 is 33.2 Å². The lowest BCUT2D eigenvalue weighted by atomic mass is 10.0. The topological polar surface area (TPSA) is 274 Å². The lowest BCUT2D eigenvalue weighted by molar-refractivity contribution is -0.143. The van der Waals surface area contributed by atoms with Gasteiger partial charge < -0.3 is 43.4 Å². The molecule has 0 aromatic heterocycles. The number of carboxylic acids is 2. The van der Waals surface area contributed by atoms with Gasteiger partial charge in [-0.15, -0.1) is 0 Å². The van der Waals surface area contributed by atoms with E-state index in [0.717, 1.165) is 0 Å². The van der Waals surface area contributed by atoms with Gasteiger partial charge in [0, 0.05) is 12.8 Å². The number of carboxylic acid groups (broad SMARTS) is 2. The van der Waals surface area contributed by atoms with Crippen LogP contribution in [0.1, 0.15) is 52.4 Å². The highest BCUT2D eigenvalue weighted by Crippen LogP contribution is 2.06. The van der Waals surface area contributed by atoms with Crippen LogP contribution in [-0.2, 0) is 33.6 Å². The van der Waals surface area contributed by atoms with Crippen molar-refractivity contribution in [1.82, 2.24) is 16.0 Å². The van der Waals surface area contributed by atoms with Crippen molar-refractivity contribution in [2.75, 3.05) is 0 Å². The highest BCUT2D eigenvalue weighted by molar-refractivity contribution is 5.96. The summed E-state index contributed by atoms with van der Waals surface area (Å²) >= 11 is 0. The third-order valence-electron chi connectivity index (χ3n) is 4.67. The summed E-state index contributed by atoms with van der Waals surface area (Å²) in [6.45, 7) is 3.65. The zero-order chi connectivity index (χ0) is 27.3. The quantitative estimate of drug-likeness (QED) is 0.0991. The summed E-state index contributed by atoms with van der Waals surface area (Å²) in [5.74, 6) is -7.31. The SMILES string of the molecule is CC(C)CC(N)C(=O)NC(CC(N)=O)C(=O)NC(CCC(N)=O)C(=O)NC(CCC(=O)O)C(=O)O. The fourth-order valence-electron chi connectivity index (χ4n) is 2.93. The third-order valence-corrected chi connectivity index (χ3v) is 4.67. The molecule has 0 fully saturated rings. The minimum absolute atomic E-state index is 0.0596. The van der Waals surface area contributed by atoms with E-state index in [-0.39, 0.29) is 25.2 Å². The maximum absolute atomic E-state index is 12.8. The summed E-state index contributed by atoms with van der Waals surface area (Å²) < 4.78 is 0. The van der Waals surface area contributed by atoms with E-state index in [2.05, 4.69) is 16.0 Å². The fourth-order valence-corrected chi connectivity index (χ4v) is 2.93. The number of nitrogens with two attached hydrogens (primary N) is 3. The highest BCUT2D eigenvalue weighted by Gasteiger charge is 2.31. The maximum Gasteiger partial charge on any atom is 0.326 e. The van der Waals surface area contributed by atoms with Crippen LogP contribution >= 0.6 is 0 Å². The fraction of sp³-hybridized carbons (Fsp3) is 0.650. The van der Waals surface area contributed by atoms with Crippen molar-refractivity contribution in [2.45, 2.75) is 76.5 Å². The predicted molar refractivity (Wildman–Crippen MR) is 120 cm³/mol. The molecule has 0 radical (unpaired) electrons. The summed E-state index contributed by atoms with van der Waals surface area (Å²) in [5.41, 5.74) is 16.0. The first kappa shape index (κ1) is 31.2. The Kier molecular flexibility index (Phi) is 13.6. The second kappa shape index (κ2) is 15.2. The van der Waals surface area contributed by atoms with E-state index in [1.54, 1.807) is 0 Å². The van der Waals surface area contributed by atoms with Gasteiger partial charge in [0.1, 0.15) is 18.1 Å². The van der Waals surface area contributed by atoms with Crippen LogP contribution in [0, 0.1) is 5.92 Å². The number of nitrogens with one attached hydrogen (secondary N) is 3. The number of amides is 5. The second-order valence-electron chi connectivity index (χ2n) is 8.37. The molecule has 0 aliphatic rings. The normalized spacial score (nSPS) is 14.2. The van der Waals surface area contributed by atoms with E-state index in [1.165, 1.54) is 0 Å². The van der Waals surface area contributed by atoms with Crippen molar-refractivity contribution in [2.24, 2.45) is 23.1 Å². The number of carbonyl (C=O) groups is 7. The minimum atomic E-state index is -1.60. The average Bonchev–Trinajstić information content (AvgIpc) is 2.71. The Morgan fingerprint density at radius 2 is 1.20 bits per heavy atom. The van der Waals surface area contributed by atoms with E-state index >= 15 is 0 Å². The molecule has 0 aromatic carbocycles. The third kappa shape index (κ3) is 13.5. The zero-order valence-electron chi connectivity index (χ0n) is 19.6. The van der Waals surface area contributed by atoms with E-state index in [9.17, 15) is 38.7 Å². The van der Waals surface area contributed by atoms with Gasteiger partial charge in [-0.1, -0.05) is 13.8 Å². The van der Waals surface area contributed by atoms with Gasteiger partial charge in [0.25, 0.3) is 0 Å². The second-order valence-corrected chi connectivity index (χ2v) is 8.37. The summed E-state index contributed by atoms with van der Waals surface area (Å²) in [4.78, 5) is 82.5. The van der Waals surface area contributed by atoms with Crippen molar-refractivity contribution < 1.29 is 43.8 Å². The van der Waals surface area contributed by atoms with Crippen LogP contribution in [0.5, 0.6) is 0 Å². The molecule has 5 amide bonds. The number of hydrogen-bond donors (Lipinski definition) is 8. The maximum atomic E-state index is 12.8. The predicted octanol–water partition coefficient (Wildman–Crippen LogP) is -3.10. The first-order chi connectivity index (χ1) is 16.1. The lowest BCUT2D eigenvalue weighted by Crippen LogP contribution is -2.58. The van der Waals surface area contributed by atoms with Gasteiger partial charge >= 0.3 is 11.9 Å². The van der Waals surface area contributed by atoms with Crippen molar-refractivity contribution in [1.29, 1.82) is 0 Å². The largest absolute Gasteiger partial charge is 0.481 e. The van der Waals surface area contributed by atoms with Crippen LogP contribution in [0.3, 0.4) is 0 Å². The summed E-state index contributed by atoms with van der Waals surface area (Å²) in [7, 11) is 0. The van der Waals surface area contributed by atoms with Gasteiger partial charge in [-0.25, -0.2) is 4.79 Å². The van der Waals surface area contributed by atoms with Crippen molar-refractivity contribution in [3.63, 3.8) is 0 Å². The zero-order valence-corrected chi connectivity index (χ0v) is 19.6. The van der Waals surface area contributed by atoms with Gasteiger partial charge in [-0.2, -0.15) is 0 Å². The van der Waals surface area contributed by atoms with Gasteiger partial charge in [-0.3, -0.25) is 28.8 Å². The molecule has 4 atom stereocenters. The van der Waals surface area contributed by atoms with Crippen LogP contribution in [0.2, 0.25) is 0 Å². The Morgan fingerprint density at radius 3 is 1.66 bits per heavy atom. The minimum Gasteiger partial charge on any atom is -0.481 e. The van der Waals surface area contributed by atoms with Crippen molar-refractivity contribution in [3.05, 3.63) is 0 Å². The summed E-state index contributed by atoms with van der Waals surface area (Å²) in [6, 6.07) is -5.60. The van der Waals surface area contributed by atoms with Crippen molar-refractivity contribution >= 4 is 41.5 Å². The molecule has 0 aliphatic carbocycles. The van der Waals surface area contributed by atoms with Crippen LogP contribution in [0.4, 0.5) is 0 Å². The molecule has 198 valence electrons. The molecule has 0 bridgehead atoms. The molecular weight excluding hydrogens is 468 g/mol. The van der Waals surface area contributed by atoms with E-state index in [0.29, 0.717) is 0 Å².